The maximum atomic E-state index is 14.4. The number of aromatic nitrogens is 4. The van der Waals surface area contributed by atoms with E-state index in [1.54, 1.807) is 6.07 Å². The molecule has 0 aliphatic heterocycles. The van der Waals surface area contributed by atoms with E-state index in [1.165, 1.54) is 6.07 Å². The van der Waals surface area contributed by atoms with Crippen LogP contribution >= 0.6 is 0 Å². The molecule has 8 heteroatoms. The fourth-order valence-corrected chi connectivity index (χ4v) is 5.56. The second-order valence-electron chi connectivity index (χ2n) is 11.8. The number of halogens is 1. The van der Waals surface area contributed by atoms with E-state index in [0.717, 1.165) is 81.1 Å². The monoisotopic (exact) mass is 465 g/mol. The second-order valence-corrected chi connectivity index (χ2v) is 11.8. The first-order chi connectivity index (χ1) is 16.2. The highest BCUT2D eigenvalue weighted by atomic mass is 19.1. The minimum Gasteiger partial charge on any atom is -0.384 e. The van der Waals surface area contributed by atoms with Crippen molar-refractivity contribution >= 4 is 5.69 Å². The lowest BCUT2D eigenvalue weighted by molar-refractivity contribution is 0.0322. The van der Waals surface area contributed by atoms with Gasteiger partial charge in [-0.1, -0.05) is 31.1 Å². The van der Waals surface area contributed by atoms with E-state index in [-0.39, 0.29) is 22.1 Å². The van der Waals surface area contributed by atoms with Gasteiger partial charge in [0.25, 0.3) is 5.89 Å². The lowest BCUT2D eigenvalue weighted by Gasteiger charge is -2.52. The maximum absolute atomic E-state index is 14.4. The molecular formula is C26H32FN5O2. The zero-order valence-corrected chi connectivity index (χ0v) is 20.2. The fourth-order valence-electron chi connectivity index (χ4n) is 5.56. The molecule has 180 valence electrons. The number of rotatable bonds is 6. The number of anilines is 1. The Morgan fingerprint density at radius 3 is 2.35 bits per heavy atom. The summed E-state index contributed by atoms with van der Waals surface area (Å²) in [4.78, 5) is 9.27. The van der Waals surface area contributed by atoms with Gasteiger partial charge in [-0.3, -0.25) is 0 Å². The minimum absolute atomic E-state index is 0.0154. The lowest BCUT2D eigenvalue weighted by Crippen LogP contribution is -2.47. The van der Waals surface area contributed by atoms with E-state index < -0.39 is 0 Å². The van der Waals surface area contributed by atoms with Crippen LogP contribution in [0.15, 0.2) is 27.2 Å². The van der Waals surface area contributed by atoms with Crippen LogP contribution in [0.3, 0.4) is 0 Å². The molecule has 2 heterocycles. The molecule has 0 saturated heterocycles. The van der Waals surface area contributed by atoms with Crippen LogP contribution in [-0.4, -0.2) is 26.8 Å². The van der Waals surface area contributed by atoms with Crippen LogP contribution in [-0.2, 0) is 10.8 Å². The molecule has 4 aliphatic carbocycles. The molecule has 0 radical (unpaired) electrons. The van der Waals surface area contributed by atoms with Gasteiger partial charge in [0.1, 0.15) is 5.82 Å². The summed E-state index contributed by atoms with van der Waals surface area (Å²) in [7, 11) is 0. The van der Waals surface area contributed by atoms with Crippen LogP contribution in [0.4, 0.5) is 10.1 Å². The van der Waals surface area contributed by atoms with E-state index in [9.17, 15) is 4.39 Å². The van der Waals surface area contributed by atoms with Crippen LogP contribution in [0.1, 0.15) is 95.6 Å². The van der Waals surface area contributed by atoms with Crippen molar-refractivity contribution in [2.45, 2.75) is 88.9 Å². The highest BCUT2D eigenvalue weighted by Gasteiger charge is 2.52. The Morgan fingerprint density at radius 1 is 0.971 bits per heavy atom. The largest absolute Gasteiger partial charge is 0.384 e. The maximum Gasteiger partial charge on any atom is 0.258 e. The minimum atomic E-state index is -0.305. The van der Waals surface area contributed by atoms with Crippen molar-refractivity contribution in [2.75, 3.05) is 11.9 Å². The van der Waals surface area contributed by atoms with Crippen molar-refractivity contribution < 1.29 is 13.4 Å². The summed E-state index contributed by atoms with van der Waals surface area (Å²) in [6, 6.07) is 4.91. The van der Waals surface area contributed by atoms with Crippen LogP contribution < -0.4 is 5.32 Å². The van der Waals surface area contributed by atoms with Crippen LogP contribution in [0.2, 0.25) is 0 Å². The first kappa shape index (κ1) is 21.7. The van der Waals surface area contributed by atoms with Gasteiger partial charge >= 0.3 is 0 Å². The Hall–Kier alpha value is -2.77. The predicted octanol–water partition coefficient (Wildman–Crippen LogP) is 6.14. The molecule has 0 spiro atoms. The van der Waals surface area contributed by atoms with Crippen molar-refractivity contribution in [1.82, 2.24) is 20.3 Å². The quantitative estimate of drug-likeness (QED) is 0.468. The summed E-state index contributed by atoms with van der Waals surface area (Å²) in [5.41, 5.74) is 1.49. The van der Waals surface area contributed by atoms with E-state index in [4.69, 9.17) is 14.0 Å². The third-order valence-corrected chi connectivity index (χ3v) is 8.15. The molecule has 4 aliphatic rings. The van der Waals surface area contributed by atoms with Crippen molar-refractivity contribution in [2.24, 2.45) is 5.41 Å². The molecule has 0 atom stereocenters. The summed E-state index contributed by atoms with van der Waals surface area (Å²) in [6.07, 6.45) is 8.67. The third-order valence-electron chi connectivity index (χ3n) is 8.15. The van der Waals surface area contributed by atoms with E-state index in [1.807, 2.05) is 6.07 Å². The van der Waals surface area contributed by atoms with Gasteiger partial charge in [0.15, 0.2) is 11.6 Å². The molecule has 1 N–H and O–H groups in total. The number of benzene rings is 1. The summed E-state index contributed by atoms with van der Waals surface area (Å²) in [6.45, 7) is 7.15. The number of hydrogen-bond acceptors (Lipinski definition) is 7. The molecular weight excluding hydrogens is 433 g/mol. The third kappa shape index (κ3) is 3.91. The average molecular weight is 466 g/mol. The number of hydrogen-bond donors (Lipinski definition) is 1. The molecule has 4 fully saturated rings. The fraction of sp³-hybridized carbons (Fsp3) is 0.615. The molecule has 34 heavy (non-hydrogen) atoms. The van der Waals surface area contributed by atoms with Gasteiger partial charge in [-0.05, 0) is 75.0 Å². The second kappa shape index (κ2) is 7.62. The van der Waals surface area contributed by atoms with Crippen LogP contribution in [0.25, 0.3) is 11.5 Å². The Balaban J connectivity index is 1.13. The summed E-state index contributed by atoms with van der Waals surface area (Å²) in [5.74, 6) is 2.82. The van der Waals surface area contributed by atoms with Gasteiger partial charge < -0.3 is 14.4 Å². The number of nitrogens with zero attached hydrogens (tertiary/aromatic N) is 4. The van der Waals surface area contributed by atoms with Crippen molar-refractivity contribution in [3.8, 4) is 11.5 Å². The Bertz CT molecular complexity index is 1180. The SMILES string of the molecule is CC(C)(C)c1noc(C23CCC(CNc4cc(F)cc(-c5nc(C6CC6)no5)c4)(CC2)CC3)n1. The standard InChI is InChI=1S/C26H32FN5O2/c1-24(2,3)22-30-23(34-32-22)26-9-6-25(7-10-26,8-11-26)15-28-19-13-17(12-18(27)14-19)21-29-20(31-33-21)16-4-5-16/h12-14,16,28H,4-11,15H2,1-3H3. The molecule has 2 aromatic heterocycles. The first-order valence-corrected chi connectivity index (χ1v) is 12.5. The topological polar surface area (TPSA) is 89.9 Å². The molecule has 3 aromatic rings. The van der Waals surface area contributed by atoms with Crippen molar-refractivity contribution in [3.05, 3.63) is 41.6 Å². The van der Waals surface area contributed by atoms with Crippen LogP contribution in [0, 0.1) is 11.2 Å². The van der Waals surface area contributed by atoms with Gasteiger partial charge in [0, 0.05) is 34.5 Å². The molecule has 4 saturated carbocycles. The molecule has 7 nitrogen and oxygen atoms in total. The lowest BCUT2D eigenvalue weighted by atomic mass is 9.53. The van der Waals surface area contributed by atoms with E-state index >= 15 is 0 Å². The highest BCUT2D eigenvalue weighted by Crippen LogP contribution is 2.57. The Kier molecular flexibility index (Phi) is 4.87. The molecule has 0 unspecified atom stereocenters. The van der Waals surface area contributed by atoms with E-state index in [2.05, 4.69) is 41.4 Å². The molecule has 7 rings (SSSR count). The van der Waals surface area contributed by atoms with Gasteiger partial charge in [0.2, 0.25) is 5.89 Å². The van der Waals surface area contributed by atoms with Gasteiger partial charge in [-0.25, -0.2) is 4.39 Å². The van der Waals surface area contributed by atoms with E-state index in [0.29, 0.717) is 17.4 Å². The molecule has 1 aromatic carbocycles. The van der Waals surface area contributed by atoms with Crippen molar-refractivity contribution in [3.63, 3.8) is 0 Å². The number of nitrogens with one attached hydrogen (secondary N) is 1. The smallest absolute Gasteiger partial charge is 0.258 e. The van der Waals surface area contributed by atoms with Crippen molar-refractivity contribution in [1.29, 1.82) is 0 Å². The average Bonchev–Trinajstić information content (AvgIpc) is 3.32. The van der Waals surface area contributed by atoms with Crippen LogP contribution in [0.5, 0.6) is 0 Å². The summed E-state index contributed by atoms with van der Waals surface area (Å²) < 4.78 is 25.6. The zero-order valence-electron chi connectivity index (χ0n) is 20.2. The normalized spacial score (nSPS) is 26.7. The first-order valence-electron chi connectivity index (χ1n) is 12.5. The highest BCUT2D eigenvalue weighted by molar-refractivity contribution is 5.61. The van der Waals surface area contributed by atoms with Gasteiger partial charge in [-0.2, -0.15) is 9.97 Å². The summed E-state index contributed by atoms with van der Waals surface area (Å²) >= 11 is 0. The van der Waals surface area contributed by atoms with Gasteiger partial charge in [-0.15, -0.1) is 0 Å². The summed E-state index contributed by atoms with van der Waals surface area (Å²) in [5, 5.41) is 11.9. The molecule has 2 bridgehead atoms. The Labute approximate surface area is 198 Å². The van der Waals surface area contributed by atoms with Gasteiger partial charge in [0.05, 0.1) is 0 Å². The Morgan fingerprint density at radius 2 is 1.71 bits per heavy atom. The predicted molar refractivity (Wildman–Crippen MR) is 125 cm³/mol. The zero-order chi connectivity index (χ0) is 23.6. The molecule has 0 amide bonds. The number of fused-ring (bicyclic) bond motifs is 3.